The maximum atomic E-state index is 4.56. The van der Waals surface area contributed by atoms with Crippen LogP contribution in [0.5, 0.6) is 0 Å². The number of nitrogens with zero attached hydrogens (tertiary/aromatic N) is 2. The Kier molecular flexibility index (Phi) is 5.97. The Hall–Kier alpha value is -5.34. The number of hydrogen-bond donors (Lipinski definition) is 0. The lowest BCUT2D eigenvalue weighted by Gasteiger charge is -2.22. The molecule has 0 unspecified atom stereocenters. The standard InChI is InChI=1S/C40H28N2/c1-2-8-28(9-3-1)39-35-10-4-6-12-37(35)40(38-13-7-5-11-36(38)39)32-17-16-29-22-31(15-14-30(29)23-32)34-24-33(25-42-26-34)27-18-20-41-21-19-27/h1-15,18-26H,16-17H2. The maximum Gasteiger partial charge on any atom is 0.0346 e. The highest BCUT2D eigenvalue weighted by Gasteiger charge is 2.20. The number of pyridine rings is 2. The highest BCUT2D eigenvalue weighted by Crippen LogP contribution is 2.44. The summed E-state index contributed by atoms with van der Waals surface area (Å²) in [5.74, 6) is 0. The maximum absolute atomic E-state index is 4.56. The number of fused-ring (bicyclic) bond motifs is 3. The Morgan fingerprint density at radius 2 is 1.05 bits per heavy atom. The van der Waals surface area contributed by atoms with Crippen molar-refractivity contribution in [1.29, 1.82) is 0 Å². The van der Waals surface area contributed by atoms with E-state index >= 15 is 0 Å². The van der Waals surface area contributed by atoms with Crippen LogP contribution >= 0.6 is 0 Å². The molecule has 1 aliphatic rings. The van der Waals surface area contributed by atoms with Crippen LogP contribution in [-0.2, 0) is 6.42 Å². The molecular formula is C40H28N2. The molecule has 2 aromatic heterocycles. The lowest BCUT2D eigenvalue weighted by molar-refractivity contribution is 1.00. The number of aromatic nitrogens is 2. The first kappa shape index (κ1) is 24.5. The van der Waals surface area contributed by atoms with E-state index in [1.165, 1.54) is 60.5 Å². The van der Waals surface area contributed by atoms with Crippen LogP contribution in [0.2, 0.25) is 0 Å². The van der Waals surface area contributed by atoms with E-state index in [1.807, 2.05) is 36.9 Å². The van der Waals surface area contributed by atoms with Crippen LogP contribution in [-0.4, -0.2) is 9.97 Å². The number of benzene rings is 5. The monoisotopic (exact) mass is 536 g/mol. The van der Waals surface area contributed by atoms with E-state index < -0.39 is 0 Å². The predicted molar refractivity (Wildman–Crippen MR) is 176 cm³/mol. The zero-order chi connectivity index (χ0) is 27.9. The SMILES string of the molecule is C1=C(c2c3ccccc3c(-c3ccccc3)c3ccccc23)CCc2cc(-c3cncc(-c4ccncc4)c3)ccc21. The van der Waals surface area contributed by atoms with Crippen LogP contribution in [0.3, 0.4) is 0 Å². The van der Waals surface area contributed by atoms with Gasteiger partial charge in [-0.1, -0.05) is 103 Å². The minimum atomic E-state index is 1.00. The van der Waals surface area contributed by atoms with Crippen LogP contribution in [0, 0.1) is 0 Å². The van der Waals surface area contributed by atoms with Gasteiger partial charge < -0.3 is 0 Å². The summed E-state index contributed by atoms with van der Waals surface area (Å²) in [5.41, 5.74) is 12.6. The summed E-state index contributed by atoms with van der Waals surface area (Å²) >= 11 is 0. The normalized spacial score (nSPS) is 12.7. The summed E-state index contributed by atoms with van der Waals surface area (Å²) in [4.78, 5) is 8.71. The molecule has 2 heteroatoms. The van der Waals surface area contributed by atoms with E-state index in [9.17, 15) is 0 Å². The van der Waals surface area contributed by atoms with Crippen LogP contribution in [0.4, 0.5) is 0 Å². The summed E-state index contributed by atoms with van der Waals surface area (Å²) in [6, 6.07) is 41.8. The van der Waals surface area contributed by atoms with E-state index in [4.69, 9.17) is 0 Å². The minimum absolute atomic E-state index is 1.00. The Labute approximate surface area is 245 Å². The van der Waals surface area contributed by atoms with Gasteiger partial charge in [-0.25, -0.2) is 0 Å². The Bertz CT molecular complexity index is 2070. The van der Waals surface area contributed by atoms with Crippen molar-refractivity contribution >= 4 is 33.2 Å². The molecule has 0 aliphatic heterocycles. The third kappa shape index (κ3) is 4.20. The molecule has 198 valence electrons. The molecule has 42 heavy (non-hydrogen) atoms. The van der Waals surface area contributed by atoms with Gasteiger partial charge in [0.15, 0.2) is 0 Å². The van der Waals surface area contributed by atoms with Crippen molar-refractivity contribution in [2.75, 3.05) is 0 Å². The van der Waals surface area contributed by atoms with Gasteiger partial charge in [-0.3, -0.25) is 9.97 Å². The molecule has 0 amide bonds. The lowest BCUT2D eigenvalue weighted by Crippen LogP contribution is -2.01. The molecule has 0 saturated carbocycles. The van der Waals surface area contributed by atoms with Gasteiger partial charge in [-0.2, -0.15) is 0 Å². The van der Waals surface area contributed by atoms with Crippen LogP contribution in [0.25, 0.3) is 66.6 Å². The van der Waals surface area contributed by atoms with Crippen molar-refractivity contribution < 1.29 is 0 Å². The van der Waals surface area contributed by atoms with Crippen molar-refractivity contribution in [1.82, 2.24) is 9.97 Å². The summed E-state index contributed by atoms with van der Waals surface area (Å²) in [7, 11) is 0. The second-order valence-electron chi connectivity index (χ2n) is 11.0. The summed E-state index contributed by atoms with van der Waals surface area (Å²) in [6.07, 6.45) is 12.0. The van der Waals surface area contributed by atoms with Gasteiger partial charge in [-0.15, -0.1) is 0 Å². The number of hydrogen-bond acceptors (Lipinski definition) is 2. The van der Waals surface area contributed by atoms with Crippen molar-refractivity contribution in [2.24, 2.45) is 0 Å². The lowest BCUT2D eigenvalue weighted by atomic mass is 9.81. The van der Waals surface area contributed by atoms with Gasteiger partial charge >= 0.3 is 0 Å². The summed E-state index contributed by atoms with van der Waals surface area (Å²) in [6.45, 7) is 0. The smallest absolute Gasteiger partial charge is 0.0346 e. The summed E-state index contributed by atoms with van der Waals surface area (Å²) in [5, 5.41) is 5.25. The first-order chi connectivity index (χ1) is 20.8. The average molecular weight is 537 g/mol. The Morgan fingerprint density at radius 1 is 0.429 bits per heavy atom. The Morgan fingerprint density at radius 3 is 1.74 bits per heavy atom. The van der Waals surface area contributed by atoms with Crippen molar-refractivity contribution in [3.8, 4) is 33.4 Å². The fraction of sp³-hybridized carbons (Fsp3) is 0.0500. The molecule has 5 aromatic carbocycles. The quantitative estimate of drug-likeness (QED) is 0.209. The third-order valence-electron chi connectivity index (χ3n) is 8.54. The van der Waals surface area contributed by atoms with E-state index in [2.05, 4.69) is 119 Å². The molecule has 1 aliphatic carbocycles. The fourth-order valence-corrected chi connectivity index (χ4v) is 6.56. The van der Waals surface area contributed by atoms with Crippen molar-refractivity contribution in [2.45, 2.75) is 12.8 Å². The van der Waals surface area contributed by atoms with Crippen molar-refractivity contribution in [3.05, 3.63) is 157 Å². The second kappa shape index (κ2) is 10.2. The number of allylic oxidation sites excluding steroid dienone is 1. The zero-order valence-corrected chi connectivity index (χ0v) is 23.2. The fourth-order valence-electron chi connectivity index (χ4n) is 6.56. The molecule has 0 fully saturated rings. The molecule has 0 atom stereocenters. The molecule has 0 radical (unpaired) electrons. The van der Waals surface area contributed by atoms with Gasteiger partial charge in [0.25, 0.3) is 0 Å². The molecule has 2 nitrogen and oxygen atoms in total. The largest absolute Gasteiger partial charge is 0.265 e. The van der Waals surface area contributed by atoms with E-state index in [-0.39, 0.29) is 0 Å². The van der Waals surface area contributed by atoms with Gasteiger partial charge in [-0.05, 0) is 97.1 Å². The van der Waals surface area contributed by atoms with Gasteiger partial charge in [0.1, 0.15) is 0 Å². The molecular weight excluding hydrogens is 508 g/mol. The molecule has 0 saturated heterocycles. The third-order valence-corrected chi connectivity index (χ3v) is 8.54. The molecule has 0 bridgehead atoms. The van der Waals surface area contributed by atoms with Crippen molar-refractivity contribution in [3.63, 3.8) is 0 Å². The first-order valence-corrected chi connectivity index (χ1v) is 14.5. The van der Waals surface area contributed by atoms with Crippen LogP contribution in [0.1, 0.15) is 23.1 Å². The van der Waals surface area contributed by atoms with Gasteiger partial charge in [0, 0.05) is 35.9 Å². The van der Waals surface area contributed by atoms with E-state index in [1.54, 1.807) is 0 Å². The molecule has 0 N–H and O–H groups in total. The van der Waals surface area contributed by atoms with Gasteiger partial charge in [0.05, 0.1) is 0 Å². The highest BCUT2D eigenvalue weighted by molar-refractivity contribution is 6.19. The van der Waals surface area contributed by atoms with E-state index in [0.29, 0.717) is 0 Å². The highest BCUT2D eigenvalue weighted by atomic mass is 14.6. The van der Waals surface area contributed by atoms with Crippen LogP contribution < -0.4 is 0 Å². The zero-order valence-electron chi connectivity index (χ0n) is 23.2. The predicted octanol–water partition coefficient (Wildman–Crippen LogP) is 10.3. The first-order valence-electron chi connectivity index (χ1n) is 14.5. The second-order valence-corrected chi connectivity index (χ2v) is 11.0. The van der Waals surface area contributed by atoms with E-state index in [0.717, 1.165) is 29.5 Å². The molecule has 2 heterocycles. The average Bonchev–Trinajstić information content (AvgIpc) is 3.07. The van der Waals surface area contributed by atoms with Gasteiger partial charge in [0.2, 0.25) is 0 Å². The summed E-state index contributed by atoms with van der Waals surface area (Å²) < 4.78 is 0. The van der Waals surface area contributed by atoms with Crippen LogP contribution in [0.15, 0.2) is 140 Å². The number of aryl methyl sites for hydroxylation is 1. The topological polar surface area (TPSA) is 25.8 Å². The number of rotatable bonds is 4. The molecule has 8 rings (SSSR count). The Balaban J connectivity index is 1.25. The molecule has 7 aromatic rings. The molecule has 0 spiro atoms. The minimum Gasteiger partial charge on any atom is -0.265 e.